The molecule has 1 aromatic heterocycles. The Morgan fingerprint density at radius 1 is 1.42 bits per heavy atom. The van der Waals surface area contributed by atoms with E-state index in [9.17, 15) is 9.59 Å². The maximum Gasteiger partial charge on any atom is 0.323 e. The summed E-state index contributed by atoms with van der Waals surface area (Å²) in [5.41, 5.74) is 0. The second-order valence-electron chi connectivity index (χ2n) is 4.84. The minimum atomic E-state index is -1.02. The number of furan rings is 1. The number of carbonyl (C=O) groups is 2. The van der Waals surface area contributed by atoms with Crippen molar-refractivity contribution in [2.24, 2.45) is 5.92 Å². The lowest BCUT2D eigenvalue weighted by Gasteiger charge is -2.22. The van der Waals surface area contributed by atoms with Crippen LogP contribution in [-0.2, 0) is 11.3 Å². The molecular weight excluding hydrogens is 248 g/mol. The van der Waals surface area contributed by atoms with E-state index < -0.39 is 12.0 Å². The standard InChI is InChI=1S/C13H20N2O4/c1-9(2)7-15(8-12(16)17)13(18)14-6-11-5-4-10(3)19-11/h4-5,9H,6-8H2,1-3H3,(H,14,18)(H,16,17). The number of carboxylic acid groups (broad SMARTS) is 1. The van der Waals surface area contributed by atoms with Crippen molar-refractivity contribution < 1.29 is 19.1 Å². The summed E-state index contributed by atoms with van der Waals surface area (Å²) in [5.74, 6) is 0.597. The molecule has 0 saturated carbocycles. The zero-order valence-corrected chi connectivity index (χ0v) is 11.5. The topological polar surface area (TPSA) is 82.8 Å². The Hall–Kier alpha value is -1.98. The van der Waals surface area contributed by atoms with Gasteiger partial charge in [-0.3, -0.25) is 4.79 Å². The molecule has 0 bridgehead atoms. The molecule has 6 nitrogen and oxygen atoms in total. The highest BCUT2D eigenvalue weighted by Crippen LogP contribution is 2.06. The van der Waals surface area contributed by atoms with Crippen LogP contribution in [0.25, 0.3) is 0 Å². The molecule has 0 aliphatic rings. The third-order valence-corrected chi connectivity index (χ3v) is 2.41. The number of aryl methyl sites for hydroxylation is 1. The average molecular weight is 268 g/mol. The lowest BCUT2D eigenvalue weighted by Crippen LogP contribution is -2.44. The van der Waals surface area contributed by atoms with Gasteiger partial charge in [0.05, 0.1) is 6.54 Å². The third-order valence-electron chi connectivity index (χ3n) is 2.41. The Bertz CT molecular complexity index is 440. The lowest BCUT2D eigenvalue weighted by atomic mass is 10.2. The van der Waals surface area contributed by atoms with Crippen LogP contribution < -0.4 is 5.32 Å². The molecule has 0 radical (unpaired) electrons. The van der Waals surface area contributed by atoms with Gasteiger partial charge in [0.2, 0.25) is 0 Å². The first-order valence-electron chi connectivity index (χ1n) is 6.18. The molecule has 0 fully saturated rings. The highest BCUT2D eigenvalue weighted by molar-refractivity contribution is 5.80. The van der Waals surface area contributed by atoms with Crippen LogP contribution in [0.5, 0.6) is 0 Å². The maximum absolute atomic E-state index is 11.9. The van der Waals surface area contributed by atoms with Gasteiger partial charge in [0.1, 0.15) is 18.1 Å². The van der Waals surface area contributed by atoms with Gasteiger partial charge in [0.15, 0.2) is 0 Å². The molecule has 1 rings (SSSR count). The number of carbonyl (C=O) groups excluding carboxylic acids is 1. The van der Waals surface area contributed by atoms with Gasteiger partial charge in [-0.25, -0.2) is 4.79 Å². The third kappa shape index (κ3) is 5.46. The molecule has 2 amide bonds. The van der Waals surface area contributed by atoms with Gasteiger partial charge in [-0.15, -0.1) is 0 Å². The van der Waals surface area contributed by atoms with E-state index in [1.807, 2.05) is 26.8 Å². The molecule has 0 aliphatic carbocycles. The minimum absolute atomic E-state index is 0.205. The van der Waals surface area contributed by atoms with E-state index in [0.29, 0.717) is 12.3 Å². The van der Waals surface area contributed by atoms with Crippen molar-refractivity contribution in [1.82, 2.24) is 10.2 Å². The smallest absolute Gasteiger partial charge is 0.323 e. The summed E-state index contributed by atoms with van der Waals surface area (Å²) in [6.07, 6.45) is 0. The number of urea groups is 1. The van der Waals surface area contributed by atoms with Crippen molar-refractivity contribution in [3.8, 4) is 0 Å². The second kappa shape index (κ2) is 6.82. The van der Waals surface area contributed by atoms with E-state index >= 15 is 0 Å². The van der Waals surface area contributed by atoms with Crippen molar-refractivity contribution in [2.75, 3.05) is 13.1 Å². The van der Waals surface area contributed by atoms with E-state index in [1.165, 1.54) is 4.90 Å². The number of hydrogen-bond donors (Lipinski definition) is 2. The fourth-order valence-corrected chi connectivity index (χ4v) is 1.68. The number of nitrogens with zero attached hydrogens (tertiary/aromatic N) is 1. The fraction of sp³-hybridized carbons (Fsp3) is 0.538. The molecule has 0 spiro atoms. The van der Waals surface area contributed by atoms with Gasteiger partial charge in [0, 0.05) is 6.54 Å². The van der Waals surface area contributed by atoms with Crippen molar-refractivity contribution in [1.29, 1.82) is 0 Å². The Morgan fingerprint density at radius 2 is 2.11 bits per heavy atom. The number of amides is 2. The fourth-order valence-electron chi connectivity index (χ4n) is 1.68. The Balaban J connectivity index is 2.53. The van der Waals surface area contributed by atoms with E-state index in [-0.39, 0.29) is 19.0 Å². The summed E-state index contributed by atoms with van der Waals surface area (Å²) in [6, 6.07) is 3.19. The first-order chi connectivity index (χ1) is 8.88. The number of carboxylic acids is 1. The monoisotopic (exact) mass is 268 g/mol. The molecule has 19 heavy (non-hydrogen) atoms. The van der Waals surface area contributed by atoms with Crippen LogP contribution in [0.15, 0.2) is 16.5 Å². The normalized spacial score (nSPS) is 10.5. The minimum Gasteiger partial charge on any atom is -0.480 e. The molecule has 1 aromatic rings. The number of rotatable bonds is 6. The van der Waals surface area contributed by atoms with Gasteiger partial charge in [-0.1, -0.05) is 13.8 Å². The predicted molar refractivity (Wildman–Crippen MR) is 69.7 cm³/mol. The maximum atomic E-state index is 11.9. The molecule has 2 N–H and O–H groups in total. The largest absolute Gasteiger partial charge is 0.480 e. The Labute approximate surface area is 112 Å². The lowest BCUT2D eigenvalue weighted by molar-refractivity contribution is -0.137. The number of nitrogens with one attached hydrogen (secondary N) is 1. The summed E-state index contributed by atoms with van der Waals surface area (Å²) in [5, 5.41) is 11.4. The van der Waals surface area contributed by atoms with E-state index in [1.54, 1.807) is 6.07 Å². The van der Waals surface area contributed by atoms with Gasteiger partial charge < -0.3 is 19.7 Å². The van der Waals surface area contributed by atoms with E-state index in [2.05, 4.69) is 5.32 Å². The second-order valence-corrected chi connectivity index (χ2v) is 4.84. The van der Waals surface area contributed by atoms with Crippen LogP contribution >= 0.6 is 0 Å². The summed E-state index contributed by atoms with van der Waals surface area (Å²) >= 11 is 0. The summed E-state index contributed by atoms with van der Waals surface area (Å²) in [4.78, 5) is 23.9. The van der Waals surface area contributed by atoms with E-state index in [0.717, 1.165) is 5.76 Å². The van der Waals surface area contributed by atoms with Gasteiger partial charge in [-0.2, -0.15) is 0 Å². The quantitative estimate of drug-likeness (QED) is 0.824. The molecular formula is C13H20N2O4. The van der Waals surface area contributed by atoms with Gasteiger partial charge >= 0.3 is 12.0 Å². The molecule has 106 valence electrons. The van der Waals surface area contributed by atoms with Crippen molar-refractivity contribution in [2.45, 2.75) is 27.3 Å². The predicted octanol–water partition coefficient (Wildman–Crippen LogP) is 1.84. The number of aliphatic carboxylic acids is 1. The molecule has 0 aromatic carbocycles. The molecule has 1 heterocycles. The average Bonchev–Trinajstić information content (AvgIpc) is 2.70. The van der Waals surface area contributed by atoms with Crippen LogP contribution in [0, 0.1) is 12.8 Å². The molecule has 0 atom stereocenters. The van der Waals surface area contributed by atoms with Crippen LogP contribution in [0.3, 0.4) is 0 Å². The van der Waals surface area contributed by atoms with Gasteiger partial charge in [0.25, 0.3) is 0 Å². The highest BCUT2D eigenvalue weighted by Gasteiger charge is 2.17. The summed E-state index contributed by atoms with van der Waals surface area (Å²) < 4.78 is 5.33. The van der Waals surface area contributed by atoms with E-state index in [4.69, 9.17) is 9.52 Å². The van der Waals surface area contributed by atoms with Crippen molar-refractivity contribution in [3.63, 3.8) is 0 Å². The Kier molecular flexibility index (Phi) is 5.41. The molecule has 6 heteroatoms. The molecule has 0 saturated heterocycles. The first-order valence-corrected chi connectivity index (χ1v) is 6.18. The zero-order valence-electron chi connectivity index (χ0n) is 11.5. The summed E-state index contributed by atoms with van der Waals surface area (Å²) in [7, 11) is 0. The zero-order chi connectivity index (χ0) is 14.4. The van der Waals surface area contributed by atoms with Gasteiger partial charge in [-0.05, 0) is 25.0 Å². The van der Waals surface area contributed by atoms with Crippen molar-refractivity contribution in [3.05, 3.63) is 23.7 Å². The Morgan fingerprint density at radius 3 is 2.58 bits per heavy atom. The number of hydrogen-bond acceptors (Lipinski definition) is 3. The van der Waals surface area contributed by atoms with Crippen LogP contribution in [0.2, 0.25) is 0 Å². The van der Waals surface area contributed by atoms with Crippen molar-refractivity contribution >= 4 is 12.0 Å². The van der Waals surface area contributed by atoms with Crippen LogP contribution in [0.1, 0.15) is 25.4 Å². The molecule has 0 unspecified atom stereocenters. The van der Waals surface area contributed by atoms with Crippen LogP contribution in [0.4, 0.5) is 4.79 Å². The van der Waals surface area contributed by atoms with Crippen LogP contribution in [-0.4, -0.2) is 35.1 Å². The first kappa shape index (κ1) is 15.1. The SMILES string of the molecule is Cc1ccc(CNC(=O)N(CC(=O)O)CC(C)C)o1. The summed E-state index contributed by atoms with van der Waals surface area (Å²) in [6.45, 7) is 6.02. The molecule has 0 aliphatic heterocycles. The highest BCUT2D eigenvalue weighted by atomic mass is 16.4.